The molecule has 1 heterocycles. The van der Waals surface area contributed by atoms with E-state index in [0.717, 1.165) is 12.8 Å². The zero-order valence-corrected chi connectivity index (χ0v) is 8.62. The Labute approximate surface area is 86.0 Å². The van der Waals surface area contributed by atoms with Gasteiger partial charge in [0.25, 0.3) is 5.22 Å². The van der Waals surface area contributed by atoms with Crippen LogP contribution in [0, 0.1) is 5.92 Å². The molecule has 0 spiro atoms. The molecule has 0 amide bonds. The van der Waals surface area contributed by atoms with Crippen molar-refractivity contribution < 1.29 is 13.9 Å². The van der Waals surface area contributed by atoms with Crippen molar-refractivity contribution in [3.8, 4) is 0 Å². The maximum atomic E-state index is 11.4. The molecular weight excluding hydrogens is 202 g/mol. The number of hydrogen-bond acceptors (Lipinski definition) is 5. The van der Waals surface area contributed by atoms with E-state index in [9.17, 15) is 4.79 Å². The molecule has 0 radical (unpaired) electrons. The number of ether oxygens (including phenoxy) is 1. The molecule has 0 aliphatic heterocycles. The molecule has 4 nitrogen and oxygen atoms in total. The number of thioether (sulfide) groups is 1. The van der Waals surface area contributed by atoms with Gasteiger partial charge in [-0.3, -0.25) is 4.79 Å². The van der Waals surface area contributed by atoms with Gasteiger partial charge in [-0.2, -0.15) is 0 Å². The first kappa shape index (κ1) is 9.58. The second kappa shape index (κ2) is 4.04. The highest BCUT2D eigenvalue weighted by Gasteiger charge is 2.38. The van der Waals surface area contributed by atoms with Crippen LogP contribution in [0.5, 0.6) is 0 Å². The zero-order valence-electron chi connectivity index (χ0n) is 7.80. The number of rotatable bonds is 4. The summed E-state index contributed by atoms with van der Waals surface area (Å²) in [7, 11) is 1.41. The van der Waals surface area contributed by atoms with E-state index in [2.05, 4.69) is 4.98 Å². The summed E-state index contributed by atoms with van der Waals surface area (Å²) in [4.78, 5) is 15.4. The van der Waals surface area contributed by atoms with E-state index in [4.69, 9.17) is 9.15 Å². The minimum Gasteiger partial charge on any atom is -0.468 e. The van der Waals surface area contributed by atoms with Crippen molar-refractivity contribution >= 4 is 17.7 Å². The molecule has 1 aliphatic rings. The van der Waals surface area contributed by atoms with E-state index in [1.165, 1.54) is 25.1 Å². The third-order valence-corrected chi connectivity index (χ3v) is 3.36. The maximum Gasteiger partial charge on any atom is 0.319 e. The van der Waals surface area contributed by atoms with Gasteiger partial charge in [0.2, 0.25) is 0 Å². The second-order valence-electron chi connectivity index (χ2n) is 3.20. The Balaban J connectivity index is 2.00. The van der Waals surface area contributed by atoms with Crippen molar-refractivity contribution in [3.05, 3.63) is 12.5 Å². The van der Waals surface area contributed by atoms with Gasteiger partial charge in [-0.25, -0.2) is 4.98 Å². The maximum absolute atomic E-state index is 11.4. The van der Waals surface area contributed by atoms with Gasteiger partial charge in [-0.05, 0) is 18.8 Å². The average Bonchev–Trinajstić information content (AvgIpc) is 2.92. The molecule has 1 fully saturated rings. The minimum absolute atomic E-state index is 0.154. The number of oxazole rings is 1. The lowest BCUT2D eigenvalue weighted by Crippen LogP contribution is -2.20. The van der Waals surface area contributed by atoms with Gasteiger partial charge >= 0.3 is 5.97 Å². The Morgan fingerprint density at radius 2 is 2.57 bits per heavy atom. The van der Waals surface area contributed by atoms with Gasteiger partial charge in [0.05, 0.1) is 13.3 Å². The summed E-state index contributed by atoms with van der Waals surface area (Å²) in [5.41, 5.74) is 0. The summed E-state index contributed by atoms with van der Waals surface area (Å²) < 4.78 is 9.81. The molecule has 1 aliphatic carbocycles. The first-order valence-corrected chi connectivity index (χ1v) is 5.33. The van der Waals surface area contributed by atoms with Crippen molar-refractivity contribution in [1.29, 1.82) is 0 Å². The number of hydrogen-bond donors (Lipinski definition) is 0. The monoisotopic (exact) mass is 213 g/mol. The summed E-state index contributed by atoms with van der Waals surface area (Å²) in [6, 6.07) is 0. The van der Waals surface area contributed by atoms with E-state index in [-0.39, 0.29) is 11.2 Å². The van der Waals surface area contributed by atoms with Gasteiger partial charge in [0, 0.05) is 0 Å². The minimum atomic E-state index is -0.185. The molecule has 1 aromatic heterocycles. The van der Waals surface area contributed by atoms with Crippen LogP contribution in [0.25, 0.3) is 0 Å². The predicted octanol–water partition coefficient (Wildman–Crippen LogP) is 1.72. The third kappa shape index (κ3) is 2.09. The molecule has 0 bridgehead atoms. The Kier molecular flexibility index (Phi) is 2.77. The van der Waals surface area contributed by atoms with Crippen molar-refractivity contribution in [2.45, 2.75) is 23.3 Å². The molecule has 1 unspecified atom stereocenters. The number of esters is 1. The van der Waals surface area contributed by atoms with Crippen molar-refractivity contribution in [3.63, 3.8) is 0 Å². The predicted molar refractivity (Wildman–Crippen MR) is 50.9 cm³/mol. The van der Waals surface area contributed by atoms with Crippen LogP contribution in [-0.2, 0) is 9.53 Å². The van der Waals surface area contributed by atoms with Crippen LogP contribution in [0.3, 0.4) is 0 Å². The fourth-order valence-electron chi connectivity index (χ4n) is 1.23. The highest BCUT2D eigenvalue weighted by molar-refractivity contribution is 8.00. The molecule has 1 aromatic rings. The highest BCUT2D eigenvalue weighted by atomic mass is 32.2. The molecule has 1 saturated carbocycles. The van der Waals surface area contributed by atoms with Crippen LogP contribution in [0.2, 0.25) is 0 Å². The lowest BCUT2D eigenvalue weighted by atomic mass is 10.3. The van der Waals surface area contributed by atoms with Gasteiger partial charge in [-0.1, -0.05) is 11.8 Å². The Morgan fingerprint density at radius 1 is 1.79 bits per heavy atom. The lowest BCUT2D eigenvalue weighted by Gasteiger charge is -2.09. The average molecular weight is 213 g/mol. The number of carbonyl (C=O) groups excluding carboxylic acids is 1. The van der Waals surface area contributed by atoms with Crippen LogP contribution < -0.4 is 0 Å². The van der Waals surface area contributed by atoms with E-state index < -0.39 is 0 Å². The molecule has 0 aromatic carbocycles. The second-order valence-corrected chi connectivity index (χ2v) is 4.29. The molecule has 0 N–H and O–H groups in total. The van der Waals surface area contributed by atoms with Crippen LogP contribution in [0.15, 0.2) is 22.1 Å². The van der Waals surface area contributed by atoms with Crippen LogP contribution in [-0.4, -0.2) is 23.3 Å². The van der Waals surface area contributed by atoms with Crippen molar-refractivity contribution in [1.82, 2.24) is 4.98 Å². The largest absolute Gasteiger partial charge is 0.468 e. The van der Waals surface area contributed by atoms with Crippen molar-refractivity contribution in [2.75, 3.05) is 7.11 Å². The molecule has 1 atom stereocenters. The summed E-state index contributed by atoms with van der Waals surface area (Å²) in [5.74, 6) is 0.245. The summed E-state index contributed by atoms with van der Waals surface area (Å²) in [6.07, 6.45) is 5.26. The first-order valence-electron chi connectivity index (χ1n) is 4.45. The van der Waals surface area contributed by atoms with Gasteiger partial charge in [0.15, 0.2) is 0 Å². The number of aromatic nitrogens is 1. The fraction of sp³-hybridized carbons (Fsp3) is 0.556. The fourth-order valence-corrected chi connectivity index (χ4v) is 2.34. The number of carbonyl (C=O) groups is 1. The standard InChI is InChI=1S/C9H11NO3S/c1-12-8(11)7(6-2-3-6)14-9-10-4-5-13-9/h4-7H,2-3H2,1H3. The van der Waals surface area contributed by atoms with Crippen LogP contribution in [0.4, 0.5) is 0 Å². The lowest BCUT2D eigenvalue weighted by molar-refractivity contribution is -0.140. The molecule has 76 valence electrons. The normalized spacial score (nSPS) is 17.8. The van der Waals surface area contributed by atoms with E-state index >= 15 is 0 Å². The van der Waals surface area contributed by atoms with E-state index in [1.54, 1.807) is 6.20 Å². The van der Waals surface area contributed by atoms with Gasteiger partial charge in [0.1, 0.15) is 11.5 Å². The summed E-state index contributed by atoms with van der Waals surface area (Å²) in [5, 5.41) is 0.381. The zero-order chi connectivity index (χ0) is 9.97. The van der Waals surface area contributed by atoms with Crippen LogP contribution in [0.1, 0.15) is 12.8 Å². The summed E-state index contributed by atoms with van der Waals surface area (Å²) >= 11 is 1.35. The third-order valence-electron chi connectivity index (χ3n) is 2.12. The smallest absolute Gasteiger partial charge is 0.319 e. The molecule has 14 heavy (non-hydrogen) atoms. The highest BCUT2D eigenvalue weighted by Crippen LogP contribution is 2.41. The SMILES string of the molecule is COC(=O)C(Sc1ncco1)C1CC1. The van der Waals surface area contributed by atoms with E-state index in [0.29, 0.717) is 11.1 Å². The topological polar surface area (TPSA) is 52.3 Å². The number of methoxy groups -OCH3 is 1. The Hall–Kier alpha value is -0.970. The van der Waals surface area contributed by atoms with Crippen molar-refractivity contribution in [2.24, 2.45) is 5.92 Å². The van der Waals surface area contributed by atoms with E-state index in [1.807, 2.05) is 0 Å². The first-order chi connectivity index (χ1) is 6.81. The molecule has 2 rings (SSSR count). The van der Waals surface area contributed by atoms with Gasteiger partial charge < -0.3 is 9.15 Å². The Bertz CT molecular complexity index is 308. The van der Waals surface area contributed by atoms with Gasteiger partial charge in [-0.15, -0.1) is 0 Å². The number of nitrogens with zero attached hydrogens (tertiary/aromatic N) is 1. The molecular formula is C9H11NO3S. The summed E-state index contributed by atoms with van der Waals surface area (Å²) in [6.45, 7) is 0. The molecule has 0 saturated heterocycles. The van der Waals surface area contributed by atoms with Crippen LogP contribution >= 0.6 is 11.8 Å². The molecule has 5 heteroatoms. The quantitative estimate of drug-likeness (QED) is 0.563. The Morgan fingerprint density at radius 3 is 3.07 bits per heavy atom.